The Bertz CT molecular complexity index is 1040. The first-order valence-corrected chi connectivity index (χ1v) is 9.10. The first-order valence-electron chi connectivity index (χ1n) is 9.10. The molecule has 0 aliphatic heterocycles. The maximum Gasteiger partial charge on any atom is 0.416 e. The van der Waals surface area contributed by atoms with E-state index in [0.717, 1.165) is 23.0 Å². The number of rotatable bonds is 6. The molecule has 1 heterocycles. The zero-order valence-electron chi connectivity index (χ0n) is 16.2. The van der Waals surface area contributed by atoms with Crippen LogP contribution in [0.4, 0.5) is 18.9 Å². The largest absolute Gasteiger partial charge is 0.416 e. The Hall–Kier alpha value is -3.06. The predicted molar refractivity (Wildman–Crippen MR) is 109 cm³/mol. The van der Waals surface area contributed by atoms with Crippen molar-refractivity contribution in [1.82, 2.24) is 9.47 Å². The summed E-state index contributed by atoms with van der Waals surface area (Å²) in [7, 11) is 3.83. The van der Waals surface area contributed by atoms with Crippen LogP contribution in [0.5, 0.6) is 0 Å². The number of nitrogens with zero attached hydrogens (tertiary/aromatic N) is 2. The van der Waals surface area contributed by atoms with Gasteiger partial charge in [-0.3, -0.25) is 4.79 Å². The van der Waals surface area contributed by atoms with E-state index in [2.05, 4.69) is 5.32 Å². The van der Waals surface area contributed by atoms with Crippen molar-refractivity contribution in [1.29, 1.82) is 0 Å². The van der Waals surface area contributed by atoms with Crippen LogP contribution in [-0.2, 0) is 17.5 Å². The number of nitrogens with one attached hydrogen (secondary N) is 1. The Kier molecular flexibility index (Phi) is 6.08. The highest BCUT2D eigenvalue weighted by molar-refractivity contribution is 6.05. The average Bonchev–Trinajstić information content (AvgIpc) is 3.05. The number of aromatic nitrogens is 1. The SMILES string of the molecule is CN(C)CC=CC(=O)Nc1cccc2c1ccn2Cc1cccc(C(F)(F)F)c1. The first-order chi connectivity index (χ1) is 13.7. The minimum Gasteiger partial charge on any atom is -0.343 e. The lowest BCUT2D eigenvalue weighted by Gasteiger charge is -2.11. The van der Waals surface area contributed by atoms with E-state index in [1.807, 2.05) is 48.0 Å². The number of hydrogen-bond donors (Lipinski definition) is 1. The summed E-state index contributed by atoms with van der Waals surface area (Å²) in [5, 5.41) is 3.69. The maximum atomic E-state index is 13.0. The molecule has 7 heteroatoms. The van der Waals surface area contributed by atoms with E-state index in [9.17, 15) is 18.0 Å². The molecule has 4 nitrogen and oxygen atoms in total. The van der Waals surface area contributed by atoms with Gasteiger partial charge in [0.1, 0.15) is 0 Å². The molecule has 0 unspecified atom stereocenters. The van der Waals surface area contributed by atoms with E-state index in [0.29, 0.717) is 24.3 Å². The number of carbonyl (C=O) groups excluding carboxylic acids is 1. The summed E-state index contributed by atoms with van der Waals surface area (Å²) in [5.74, 6) is -0.232. The third-order valence-corrected chi connectivity index (χ3v) is 4.42. The molecule has 3 aromatic rings. The third-order valence-electron chi connectivity index (χ3n) is 4.42. The molecule has 2 aromatic carbocycles. The van der Waals surface area contributed by atoms with Crippen LogP contribution in [0.15, 0.2) is 66.9 Å². The van der Waals surface area contributed by atoms with Crippen LogP contribution in [0.25, 0.3) is 10.9 Å². The molecule has 152 valence electrons. The Labute approximate surface area is 167 Å². The van der Waals surface area contributed by atoms with E-state index in [1.54, 1.807) is 18.2 Å². The van der Waals surface area contributed by atoms with Gasteiger partial charge < -0.3 is 14.8 Å². The smallest absolute Gasteiger partial charge is 0.343 e. The number of fused-ring (bicyclic) bond motifs is 1. The number of alkyl halides is 3. The predicted octanol–water partition coefficient (Wildman–Crippen LogP) is 4.76. The third kappa shape index (κ3) is 5.26. The van der Waals surface area contributed by atoms with Gasteiger partial charge in [-0.15, -0.1) is 0 Å². The molecule has 0 spiro atoms. The maximum absolute atomic E-state index is 13.0. The lowest BCUT2D eigenvalue weighted by molar-refractivity contribution is -0.137. The lowest BCUT2D eigenvalue weighted by Crippen LogP contribution is -2.13. The van der Waals surface area contributed by atoms with Crippen molar-refractivity contribution in [3.05, 3.63) is 78.0 Å². The fraction of sp³-hybridized carbons (Fsp3) is 0.227. The van der Waals surface area contributed by atoms with E-state index in [4.69, 9.17) is 0 Å². The van der Waals surface area contributed by atoms with E-state index in [1.165, 1.54) is 12.1 Å². The van der Waals surface area contributed by atoms with Gasteiger partial charge in [0, 0.05) is 30.7 Å². The number of hydrogen-bond acceptors (Lipinski definition) is 2. The Morgan fingerprint density at radius 1 is 1.14 bits per heavy atom. The van der Waals surface area contributed by atoms with E-state index in [-0.39, 0.29) is 5.91 Å². The molecule has 0 radical (unpaired) electrons. The minimum atomic E-state index is -4.37. The summed E-state index contributed by atoms with van der Waals surface area (Å²) in [6.45, 7) is 0.957. The Morgan fingerprint density at radius 2 is 1.90 bits per heavy atom. The number of benzene rings is 2. The van der Waals surface area contributed by atoms with Gasteiger partial charge in [-0.05, 0) is 50.0 Å². The monoisotopic (exact) mass is 401 g/mol. The van der Waals surface area contributed by atoms with Crippen molar-refractivity contribution in [2.24, 2.45) is 0 Å². The first kappa shape index (κ1) is 20.7. The highest BCUT2D eigenvalue weighted by Crippen LogP contribution is 2.30. The van der Waals surface area contributed by atoms with Crippen LogP contribution in [-0.4, -0.2) is 36.0 Å². The molecular weight excluding hydrogens is 379 g/mol. The molecule has 1 N–H and O–H groups in total. The summed E-state index contributed by atoms with van der Waals surface area (Å²) >= 11 is 0. The zero-order chi connectivity index (χ0) is 21.0. The molecule has 1 aromatic heterocycles. The summed E-state index contributed by atoms with van der Waals surface area (Å²) in [4.78, 5) is 14.1. The highest BCUT2D eigenvalue weighted by Gasteiger charge is 2.30. The van der Waals surface area contributed by atoms with Crippen LogP contribution < -0.4 is 5.32 Å². The number of carbonyl (C=O) groups is 1. The standard InChI is InChI=1S/C22H22F3N3O/c1-27(2)12-5-10-21(29)26-19-8-4-9-20-18(19)11-13-28(20)15-16-6-3-7-17(14-16)22(23,24)25/h3-11,13-14H,12,15H2,1-2H3,(H,26,29). The molecule has 29 heavy (non-hydrogen) atoms. The van der Waals surface area contributed by atoms with E-state index < -0.39 is 11.7 Å². The molecule has 1 amide bonds. The van der Waals surface area contributed by atoms with Gasteiger partial charge in [-0.25, -0.2) is 0 Å². The zero-order valence-corrected chi connectivity index (χ0v) is 16.2. The second-order valence-corrected chi connectivity index (χ2v) is 7.03. The average molecular weight is 401 g/mol. The van der Waals surface area contributed by atoms with Crippen LogP contribution in [0.3, 0.4) is 0 Å². The Morgan fingerprint density at radius 3 is 2.62 bits per heavy atom. The van der Waals surface area contributed by atoms with Crippen molar-refractivity contribution in [2.45, 2.75) is 12.7 Å². The highest BCUT2D eigenvalue weighted by atomic mass is 19.4. The van der Waals surface area contributed by atoms with Crippen LogP contribution in [0.2, 0.25) is 0 Å². The second-order valence-electron chi connectivity index (χ2n) is 7.03. The van der Waals surface area contributed by atoms with Crippen molar-refractivity contribution >= 4 is 22.5 Å². The number of anilines is 1. The summed E-state index contributed by atoms with van der Waals surface area (Å²) in [6.07, 6.45) is 0.696. The molecule has 0 saturated heterocycles. The second kappa shape index (κ2) is 8.53. The lowest BCUT2D eigenvalue weighted by atomic mass is 10.1. The molecule has 0 saturated carbocycles. The van der Waals surface area contributed by atoms with E-state index >= 15 is 0 Å². The van der Waals surface area contributed by atoms with Crippen LogP contribution in [0.1, 0.15) is 11.1 Å². The van der Waals surface area contributed by atoms with Gasteiger partial charge in [-0.2, -0.15) is 13.2 Å². The quantitative estimate of drug-likeness (QED) is 0.605. The normalized spacial score (nSPS) is 12.2. The number of likely N-dealkylation sites (N-methyl/N-ethyl adjacent to an activating group) is 1. The van der Waals surface area contributed by atoms with Crippen molar-refractivity contribution in [3.8, 4) is 0 Å². The molecule has 0 fully saturated rings. The van der Waals surface area contributed by atoms with Gasteiger partial charge >= 0.3 is 6.18 Å². The van der Waals surface area contributed by atoms with Crippen molar-refractivity contribution < 1.29 is 18.0 Å². The molecule has 0 aliphatic carbocycles. The van der Waals surface area contributed by atoms with Crippen molar-refractivity contribution in [3.63, 3.8) is 0 Å². The number of halogens is 3. The summed E-state index contributed by atoms with van der Waals surface area (Å²) in [6, 6.07) is 12.6. The topological polar surface area (TPSA) is 37.3 Å². The molecular formula is C22H22F3N3O. The molecule has 0 bridgehead atoms. The Balaban J connectivity index is 1.81. The van der Waals surface area contributed by atoms with Crippen LogP contribution >= 0.6 is 0 Å². The molecule has 0 aliphatic rings. The summed E-state index contributed by atoms with van der Waals surface area (Å²) < 4.78 is 40.7. The number of amides is 1. The fourth-order valence-corrected chi connectivity index (χ4v) is 3.06. The van der Waals surface area contributed by atoms with Gasteiger partial charge in [0.15, 0.2) is 0 Å². The van der Waals surface area contributed by atoms with Gasteiger partial charge in [-0.1, -0.05) is 24.3 Å². The fourth-order valence-electron chi connectivity index (χ4n) is 3.06. The summed E-state index contributed by atoms with van der Waals surface area (Å²) in [5.41, 5.74) is 1.38. The molecule has 3 rings (SSSR count). The van der Waals surface area contributed by atoms with Gasteiger partial charge in [0.2, 0.25) is 5.91 Å². The van der Waals surface area contributed by atoms with Gasteiger partial charge in [0.25, 0.3) is 0 Å². The minimum absolute atomic E-state index is 0.232. The van der Waals surface area contributed by atoms with Gasteiger partial charge in [0.05, 0.1) is 16.8 Å². The van der Waals surface area contributed by atoms with Crippen molar-refractivity contribution in [2.75, 3.05) is 26.0 Å². The molecule has 0 atom stereocenters. The van der Waals surface area contributed by atoms with Crippen LogP contribution in [0, 0.1) is 0 Å².